The minimum absolute atomic E-state index is 0.0169. The summed E-state index contributed by atoms with van der Waals surface area (Å²) in [5, 5.41) is 0. The molecule has 2 rings (SSSR count). The second-order valence-corrected chi connectivity index (χ2v) is 7.20. The zero-order valence-corrected chi connectivity index (χ0v) is 16.9. The Morgan fingerprint density at radius 2 is 1.76 bits per heavy atom. The Kier molecular flexibility index (Phi) is 9.22. The Labute approximate surface area is 172 Å². The number of hydrogen-bond donors (Lipinski definition) is 0. The Balaban J connectivity index is 2.26. The lowest BCUT2D eigenvalue weighted by molar-refractivity contribution is -0.131. The van der Waals surface area contributed by atoms with Crippen molar-refractivity contribution in [3.05, 3.63) is 66.3 Å². The molecule has 0 saturated heterocycles. The van der Waals surface area contributed by atoms with Gasteiger partial charge in [-0.05, 0) is 51.5 Å². The molecule has 0 atom stereocenters. The summed E-state index contributed by atoms with van der Waals surface area (Å²) in [6.45, 7) is 1.10. The van der Waals surface area contributed by atoms with Crippen LogP contribution in [-0.4, -0.2) is 34.7 Å². The number of ketones is 3. The van der Waals surface area contributed by atoms with Crippen LogP contribution in [0, 0.1) is 6.42 Å². The quantitative estimate of drug-likeness (QED) is 0.664. The van der Waals surface area contributed by atoms with Crippen LogP contribution in [-0.2, 0) is 19.2 Å². The van der Waals surface area contributed by atoms with Crippen molar-refractivity contribution in [2.75, 3.05) is 6.54 Å². The van der Waals surface area contributed by atoms with E-state index in [1.54, 1.807) is 12.2 Å². The molecule has 2 aliphatic rings. The van der Waals surface area contributed by atoms with Gasteiger partial charge in [0.15, 0.2) is 5.78 Å². The third-order valence-electron chi connectivity index (χ3n) is 4.65. The van der Waals surface area contributed by atoms with Gasteiger partial charge in [-0.2, -0.15) is 0 Å². The summed E-state index contributed by atoms with van der Waals surface area (Å²) in [6.07, 6.45) is 21.4. The highest BCUT2D eigenvalue weighted by Crippen LogP contribution is 2.22. The SMILES string of the molecule is CC(=O)CN1C(=O)C=CC=CC[CH]C=CCCCCCCC2=CC(=O)C=C1C2=O. The van der Waals surface area contributed by atoms with E-state index in [0.29, 0.717) is 12.0 Å². The topological polar surface area (TPSA) is 71.5 Å². The lowest BCUT2D eigenvalue weighted by Crippen LogP contribution is -2.38. The molecule has 1 amide bonds. The van der Waals surface area contributed by atoms with Crippen molar-refractivity contribution in [3.63, 3.8) is 0 Å². The summed E-state index contributed by atoms with van der Waals surface area (Å²) in [5.74, 6) is -1.44. The number of carbonyl (C=O) groups excluding carboxylic acids is 4. The normalized spacial score (nSPS) is 19.9. The molecule has 153 valence electrons. The molecule has 0 saturated carbocycles. The van der Waals surface area contributed by atoms with Gasteiger partial charge in [0.25, 0.3) is 5.91 Å². The van der Waals surface area contributed by atoms with E-state index < -0.39 is 5.91 Å². The van der Waals surface area contributed by atoms with E-state index >= 15 is 0 Å². The Morgan fingerprint density at radius 3 is 2.55 bits per heavy atom. The van der Waals surface area contributed by atoms with E-state index in [2.05, 4.69) is 6.08 Å². The first kappa shape index (κ1) is 22.5. The number of fused-ring (bicyclic) bond motifs is 2. The van der Waals surface area contributed by atoms with Crippen LogP contribution >= 0.6 is 0 Å². The third kappa shape index (κ3) is 7.60. The number of nitrogens with zero attached hydrogens (tertiary/aromatic N) is 1. The number of rotatable bonds is 2. The summed E-state index contributed by atoms with van der Waals surface area (Å²) in [7, 11) is 0. The van der Waals surface area contributed by atoms with Crippen LogP contribution in [0.4, 0.5) is 0 Å². The molecule has 0 unspecified atom stereocenters. The number of amides is 1. The minimum atomic E-state index is -0.500. The molecule has 1 radical (unpaired) electrons. The lowest BCUT2D eigenvalue weighted by atomic mass is 9.94. The van der Waals surface area contributed by atoms with Crippen LogP contribution in [0.5, 0.6) is 0 Å². The van der Waals surface area contributed by atoms with Gasteiger partial charge in [0, 0.05) is 17.7 Å². The molecule has 0 N–H and O–H groups in total. The van der Waals surface area contributed by atoms with Gasteiger partial charge in [0.05, 0.1) is 12.2 Å². The van der Waals surface area contributed by atoms with Crippen LogP contribution in [0.25, 0.3) is 0 Å². The van der Waals surface area contributed by atoms with Gasteiger partial charge in [0.1, 0.15) is 5.78 Å². The molecule has 1 heterocycles. The van der Waals surface area contributed by atoms with Crippen molar-refractivity contribution in [1.29, 1.82) is 0 Å². The first-order valence-electron chi connectivity index (χ1n) is 10.1. The molecule has 29 heavy (non-hydrogen) atoms. The van der Waals surface area contributed by atoms with Gasteiger partial charge in [-0.1, -0.05) is 43.2 Å². The van der Waals surface area contributed by atoms with Gasteiger partial charge >= 0.3 is 0 Å². The van der Waals surface area contributed by atoms with E-state index in [4.69, 9.17) is 0 Å². The zero-order valence-electron chi connectivity index (χ0n) is 16.9. The van der Waals surface area contributed by atoms with Crippen molar-refractivity contribution in [1.82, 2.24) is 4.90 Å². The summed E-state index contributed by atoms with van der Waals surface area (Å²) in [6, 6.07) is 0. The molecule has 0 fully saturated rings. The molecule has 5 heteroatoms. The van der Waals surface area contributed by atoms with Gasteiger partial charge in [0.2, 0.25) is 5.78 Å². The van der Waals surface area contributed by atoms with E-state index in [-0.39, 0.29) is 29.6 Å². The highest BCUT2D eigenvalue weighted by molar-refractivity contribution is 6.21. The highest BCUT2D eigenvalue weighted by Gasteiger charge is 2.29. The second-order valence-electron chi connectivity index (χ2n) is 7.20. The molecule has 0 spiro atoms. The van der Waals surface area contributed by atoms with Crippen molar-refractivity contribution in [3.8, 4) is 0 Å². The summed E-state index contributed by atoms with van der Waals surface area (Å²) < 4.78 is 0. The van der Waals surface area contributed by atoms with Crippen LogP contribution in [0.3, 0.4) is 0 Å². The molecular weight excluding hydrogens is 366 g/mol. The molecule has 1 aliphatic carbocycles. The highest BCUT2D eigenvalue weighted by atomic mass is 16.2. The monoisotopic (exact) mass is 394 g/mol. The van der Waals surface area contributed by atoms with E-state index in [0.717, 1.165) is 49.5 Å². The zero-order chi connectivity index (χ0) is 21.1. The summed E-state index contributed by atoms with van der Waals surface area (Å²) in [4.78, 5) is 50.5. The van der Waals surface area contributed by atoms with E-state index in [1.807, 2.05) is 18.6 Å². The number of carbonyl (C=O) groups is 4. The molecule has 5 nitrogen and oxygen atoms in total. The average molecular weight is 394 g/mol. The third-order valence-corrected chi connectivity index (χ3v) is 4.65. The van der Waals surface area contributed by atoms with Crippen LogP contribution in [0.15, 0.2) is 59.9 Å². The average Bonchev–Trinajstić information content (AvgIpc) is 2.67. The maximum atomic E-state index is 12.9. The second kappa shape index (κ2) is 11.9. The molecule has 0 aromatic heterocycles. The van der Waals surface area contributed by atoms with Gasteiger partial charge in [-0.3, -0.25) is 24.1 Å². The molecule has 2 bridgehead atoms. The Bertz CT molecular complexity index is 796. The largest absolute Gasteiger partial charge is 0.298 e. The minimum Gasteiger partial charge on any atom is -0.298 e. The Morgan fingerprint density at radius 1 is 0.966 bits per heavy atom. The number of allylic oxidation sites excluding steroid dienone is 8. The predicted octanol–water partition coefficient (Wildman–Crippen LogP) is 3.98. The van der Waals surface area contributed by atoms with Crippen LogP contribution in [0.1, 0.15) is 51.9 Å². The first-order valence-corrected chi connectivity index (χ1v) is 10.1. The molecule has 0 aromatic rings. The fourth-order valence-electron chi connectivity index (χ4n) is 3.20. The van der Waals surface area contributed by atoms with Crippen molar-refractivity contribution in [2.24, 2.45) is 0 Å². The van der Waals surface area contributed by atoms with Gasteiger partial charge < -0.3 is 0 Å². The summed E-state index contributed by atoms with van der Waals surface area (Å²) in [5.41, 5.74) is 0.391. The van der Waals surface area contributed by atoms with E-state index in [9.17, 15) is 19.2 Å². The number of hydrogen-bond acceptors (Lipinski definition) is 4. The fraction of sp³-hybridized carbons (Fsp3) is 0.375. The fourth-order valence-corrected chi connectivity index (χ4v) is 3.20. The molecule has 0 aromatic carbocycles. The predicted molar refractivity (Wildman–Crippen MR) is 113 cm³/mol. The van der Waals surface area contributed by atoms with Crippen molar-refractivity contribution >= 4 is 23.3 Å². The maximum Gasteiger partial charge on any atom is 0.251 e. The summed E-state index contributed by atoms with van der Waals surface area (Å²) >= 11 is 0. The van der Waals surface area contributed by atoms with Gasteiger partial charge in [-0.25, -0.2) is 0 Å². The lowest BCUT2D eigenvalue weighted by Gasteiger charge is -2.24. The van der Waals surface area contributed by atoms with Crippen LogP contribution in [0.2, 0.25) is 0 Å². The maximum absolute atomic E-state index is 12.9. The van der Waals surface area contributed by atoms with Gasteiger partial charge in [-0.15, -0.1) is 0 Å². The van der Waals surface area contributed by atoms with E-state index in [1.165, 1.54) is 19.1 Å². The Hall–Kier alpha value is -2.82. The molecule has 1 aliphatic heterocycles. The smallest absolute Gasteiger partial charge is 0.251 e. The molecular formula is C24H28NO4. The number of Topliss-reactive ketones (excluding diaryl/α,β-unsaturated/α-hetero) is 2. The van der Waals surface area contributed by atoms with Crippen molar-refractivity contribution in [2.45, 2.75) is 51.9 Å². The standard InChI is InChI=1S/C24H28NO4/c1-19(26)18-25-22-17-21(27)16-20(24(22)29)14-12-10-8-6-4-2-3-5-7-9-11-13-15-23(25)28/h2-3,5,9,11,13,15-17H,4,6-8,10,12,14,18H2,1H3. The van der Waals surface area contributed by atoms with Crippen LogP contribution < -0.4 is 0 Å². The first-order chi connectivity index (χ1) is 14.0. The van der Waals surface area contributed by atoms with Crippen molar-refractivity contribution < 1.29 is 19.2 Å².